The minimum atomic E-state index is -0.0287. The maximum Gasteiger partial charge on any atom is 0.0448 e. The molecule has 0 unspecified atom stereocenters. The molecule has 1 aromatic rings. The highest BCUT2D eigenvalue weighted by atomic mass is 79.9. The SMILES string of the molecule is Cc1ccc(CNC(C)(C)CCO)c(Br)c1. The second kappa shape index (κ2) is 5.80. The number of aliphatic hydroxyl groups excluding tert-OH is 1. The van der Waals surface area contributed by atoms with Gasteiger partial charge in [0.2, 0.25) is 0 Å². The second-order valence-electron chi connectivity index (χ2n) is 4.81. The lowest BCUT2D eigenvalue weighted by Crippen LogP contribution is -2.39. The summed E-state index contributed by atoms with van der Waals surface area (Å²) in [6, 6.07) is 6.36. The number of hydrogen-bond donors (Lipinski definition) is 2. The van der Waals surface area contributed by atoms with Crippen molar-refractivity contribution >= 4 is 15.9 Å². The molecule has 0 heterocycles. The topological polar surface area (TPSA) is 32.3 Å². The smallest absolute Gasteiger partial charge is 0.0448 e. The van der Waals surface area contributed by atoms with Crippen molar-refractivity contribution in [1.82, 2.24) is 5.32 Å². The van der Waals surface area contributed by atoms with Crippen LogP contribution in [0.1, 0.15) is 31.4 Å². The van der Waals surface area contributed by atoms with E-state index in [1.807, 2.05) is 0 Å². The van der Waals surface area contributed by atoms with Gasteiger partial charge in [0.1, 0.15) is 0 Å². The van der Waals surface area contributed by atoms with Gasteiger partial charge in [-0.05, 0) is 44.4 Å². The zero-order valence-corrected chi connectivity index (χ0v) is 11.8. The van der Waals surface area contributed by atoms with Gasteiger partial charge >= 0.3 is 0 Å². The average Bonchev–Trinajstić information content (AvgIpc) is 2.16. The summed E-state index contributed by atoms with van der Waals surface area (Å²) >= 11 is 3.56. The Morgan fingerprint density at radius 2 is 2.06 bits per heavy atom. The molecule has 0 atom stereocenters. The van der Waals surface area contributed by atoms with Crippen LogP contribution in [0.25, 0.3) is 0 Å². The zero-order valence-electron chi connectivity index (χ0n) is 10.2. The Kier molecular flexibility index (Phi) is 4.96. The number of hydrogen-bond acceptors (Lipinski definition) is 2. The first-order valence-corrected chi connectivity index (χ1v) is 6.35. The van der Waals surface area contributed by atoms with Crippen LogP contribution in [-0.2, 0) is 6.54 Å². The molecule has 16 heavy (non-hydrogen) atoms. The van der Waals surface area contributed by atoms with Crippen molar-refractivity contribution < 1.29 is 5.11 Å². The fourth-order valence-corrected chi connectivity index (χ4v) is 2.13. The highest BCUT2D eigenvalue weighted by Gasteiger charge is 2.16. The predicted octanol–water partition coefficient (Wildman–Crippen LogP) is 3.01. The summed E-state index contributed by atoms with van der Waals surface area (Å²) in [7, 11) is 0. The maximum atomic E-state index is 8.94. The van der Waals surface area contributed by atoms with E-state index >= 15 is 0 Å². The first-order valence-electron chi connectivity index (χ1n) is 5.55. The summed E-state index contributed by atoms with van der Waals surface area (Å²) in [4.78, 5) is 0. The largest absolute Gasteiger partial charge is 0.396 e. The summed E-state index contributed by atoms with van der Waals surface area (Å²) in [5, 5.41) is 12.4. The van der Waals surface area contributed by atoms with Crippen LogP contribution >= 0.6 is 15.9 Å². The van der Waals surface area contributed by atoms with Gasteiger partial charge in [0.15, 0.2) is 0 Å². The number of halogens is 1. The third-order valence-corrected chi connectivity index (χ3v) is 3.44. The molecular formula is C13H20BrNO. The molecule has 0 saturated carbocycles. The van der Waals surface area contributed by atoms with Crippen molar-refractivity contribution in [3.05, 3.63) is 33.8 Å². The van der Waals surface area contributed by atoms with Crippen molar-refractivity contribution in [3.8, 4) is 0 Å². The summed E-state index contributed by atoms with van der Waals surface area (Å²) in [6.07, 6.45) is 0.760. The van der Waals surface area contributed by atoms with Gasteiger partial charge in [-0.25, -0.2) is 0 Å². The lowest BCUT2D eigenvalue weighted by atomic mass is 10.0. The third kappa shape index (κ3) is 4.24. The van der Waals surface area contributed by atoms with E-state index in [9.17, 15) is 0 Å². The molecule has 0 amide bonds. The molecule has 1 rings (SSSR count). The highest BCUT2D eigenvalue weighted by molar-refractivity contribution is 9.10. The van der Waals surface area contributed by atoms with Gasteiger partial charge in [-0.1, -0.05) is 28.1 Å². The quantitative estimate of drug-likeness (QED) is 0.872. The Hall–Kier alpha value is -0.380. The normalized spacial score (nSPS) is 11.8. The van der Waals surface area contributed by atoms with Gasteiger partial charge in [-0.15, -0.1) is 0 Å². The van der Waals surface area contributed by atoms with Gasteiger partial charge < -0.3 is 10.4 Å². The van der Waals surface area contributed by atoms with Gasteiger partial charge in [0, 0.05) is 23.2 Å². The molecule has 0 saturated heterocycles. The Morgan fingerprint density at radius 1 is 1.38 bits per heavy atom. The van der Waals surface area contributed by atoms with E-state index in [0.717, 1.165) is 17.4 Å². The lowest BCUT2D eigenvalue weighted by Gasteiger charge is -2.25. The van der Waals surface area contributed by atoms with Crippen molar-refractivity contribution in [2.24, 2.45) is 0 Å². The molecule has 0 fully saturated rings. The van der Waals surface area contributed by atoms with Crippen LogP contribution in [0.3, 0.4) is 0 Å². The molecule has 0 spiro atoms. The molecule has 0 aliphatic rings. The van der Waals surface area contributed by atoms with Crippen LogP contribution < -0.4 is 5.32 Å². The van der Waals surface area contributed by atoms with E-state index < -0.39 is 0 Å². The minimum absolute atomic E-state index is 0.0287. The zero-order chi connectivity index (χ0) is 12.2. The number of aliphatic hydroxyl groups is 1. The lowest BCUT2D eigenvalue weighted by molar-refractivity contribution is 0.230. The minimum Gasteiger partial charge on any atom is -0.396 e. The van der Waals surface area contributed by atoms with E-state index in [-0.39, 0.29) is 12.1 Å². The summed E-state index contributed by atoms with van der Waals surface area (Å²) in [5.74, 6) is 0. The summed E-state index contributed by atoms with van der Waals surface area (Å²) in [5.41, 5.74) is 2.47. The highest BCUT2D eigenvalue weighted by Crippen LogP contribution is 2.19. The Labute approximate surface area is 106 Å². The third-order valence-electron chi connectivity index (χ3n) is 2.70. The van der Waals surface area contributed by atoms with Crippen LogP contribution in [0.15, 0.2) is 22.7 Å². The van der Waals surface area contributed by atoms with Gasteiger partial charge in [-0.3, -0.25) is 0 Å². The van der Waals surface area contributed by atoms with Crippen molar-refractivity contribution in [2.75, 3.05) is 6.61 Å². The Bertz CT molecular complexity index is 350. The monoisotopic (exact) mass is 285 g/mol. The van der Waals surface area contributed by atoms with Crippen LogP contribution in [-0.4, -0.2) is 17.3 Å². The Morgan fingerprint density at radius 3 is 2.62 bits per heavy atom. The van der Waals surface area contributed by atoms with E-state index in [2.05, 4.69) is 60.2 Å². The van der Waals surface area contributed by atoms with E-state index in [1.165, 1.54) is 11.1 Å². The summed E-state index contributed by atoms with van der Waals surface area (Å²) < 4.78 is 1.14. The first-order chi connectivity index (χ1) is 7.44. The molecule has 1 aromatic carbocycles. The maximum absolute atomic E-state index is 8.94. The number of aryl methyl sites for hydroxylation is 1. The molecule has 0 aromatic heterocycles. The van der Waals surface area contributed by atoms with Gasteiger partial charge in [-0.2, -0.15) is 0 Å². The van der Waals surface area contributed by atoms with Crippen LogP contribution in [0, 0.1) is 6.92 Å². The van der Waals surface area contributed by atoms with Gasteiger partial charge in [0.25, 0.3) is 0 Å². The second-order valence-corrected chi connectivity index (χ2v) is 5.66. The van der Waals surface area contributed by atoms with Crippen molar-refractivity contribution in [3.63, 3.8) is 0 Å². The molecule has 0 radical (unpaired) electrons. The van der Waals surface area contributed by atoms with Crippen LogP contribution in [0.4, 0.5) is 0 Å². The molecule has 2 N–H and O–H groups in total. The fraction of sp³-hybridized carbons (Fsp3) is 0.538. The molecule has 0 aliphatic carbocycles. The van der Waals surface area contributed by atoms with E-state index in [4.69, 9.17) is 5.11 Å². The number of nitrogens with one attached hydrogen (secondary N) is 1. The fourth-order valence-electron chi connectivity index (χ4n) is 1.50. The van der Waals surface area contributed by atoms with E-state index in [1.54, 1.807) is 0 Å². The average molecular weight is 286 g/mol. The van der Waals surface area contributed by atoms with Gasteiger partial charge in [0.05, 0.1) is 0 Å². The molecule has 0 bridgehead atoms. The molecular weight excluding hydrogens is 266 g/mol. The summed E-state index contributed by atoms with van der Waals surface area (Å²) in [6.45, 7) is 7.32. The van der Waals surface area contributed by atoms with E-state index in [0.29, 0.717) is 0 Å². The standard InChI is InChI=1S/C13H20BrNO/c1-10-4-5-11(12(14)8-10)9-15-13(2,3)6-7-16/h4-5,8,15-16H,6-7,9H2,1-3H3. The van der Waals surface area contributed by atoms with Crippen molar-refractivity contribution in [2.45, 2.75) is 39.3 Å². The number of rotatable bonds is 5. The predicted molar refractivity (Wildman–Crippen MR) is 71.5 cm³/mol. The van der Waals surface area contributed by atoms with Crippen LogP contribution in [0.2, 0.25) is 0 Å². The first kappa shape index (κ1) is 13.7. The van der Waals surface area contributed by atoms with Crippen molar-refractivity contribution in [1.29, 1.82) is 0 Å². The molecule has 3 heteroatoms. The number of benzene rings is 1. The molecule has 0 aliphatic heterocycles. The molecule has 2 nitrogen and oxygen atoms in total. The Balaban J connectivity index is 2.61. The van der Waals surface area contributed by atoms with Crippen LogP contribution in [0.5, 0.6) is 0 Å². The molecule has 90 valence electrons.